The molecule has 0 radical (unpaired) electrons. The molecule has 0 spiro atoms. The molecule has 2 amide bonds. The smallest absolute Gasteiger partial charge is 0.323 e. The second-order valence-corrected chi connectivity index (χ2v) is 3.49. The average Bonchev–Trinajstić information content (AvgIpc) is 2.11. The Balaban J connectivity index is 4.00. The molecule has 0 rings (SSSR count). The Labute approximate surface area is 77.8 Å². The number of hydrogen-bond donors (Lipinski definition) is 2. The number of nitrogens with one attached hydrogen (secondary N) is 1. The highest BCUT2D eigenvalue weighted by Gasteiger charge is 2.16. The molecule has 0 aliphatic carbocycles. The van der Waals surface area contributed by atoms with Gasteiger partial charge in [-0.15, -0.1) is 0 Å². The maximum Gasteiger partial charge on any atom is 0.331 e. The minimum absolute atomic E-state index is 0.226. The summed E-state index contributed by atoms with van der Waals surface area (Å²) in [4.78, 5) is 12.7. The maximum atomic E-state index is 11.1. The first-order valence-electron chi connectivity index (χ1n) is 3.89. The molecule has 72 valence electrons. The van der Waals surface area contributed by atoms with Crippen molar-refractivity contribution in [3.63, 3.8) is 0 Å². The zero-order valence-corrected chi connectivity index (χ0v) is 8.65. The van der Waals surface area contributed by atoms with E-state index < -0.39 is 0 Å². The van der Waals surface area contributed by atoms with Crippen molar-refractivity contribution < 1.29 is 4.79 Å². The Morgan fingerprint density at radius 1 is 1.75 bits per heavy atom. The molecule has 0 saturated carbocycles. The number of carbonyl (C=O) groups is 1. The first-order valence-corrected chi connectivity index (χ1v) is 5.29. The Kier molecular flexibility index (Phi) is 5.92. The van der Waals surface area contributed by atoms with Gasteiger partial charge < -0.3 is 4.90 Å². The van der Waals surface area contributed by atoms with Gasteiger partial charge in [-0.3, -0.25) is 5.43 Å². The highest BCUT2D eigenvalue weighted by atomic mass is 32.2. The SMILES string of the molecule is CCC(CSC)N(C)C(=O)NN. The van der Waals surface area contributed by atoms with Crippen LogP contribution in [0.3, 0.4) is 0 Å². The second kappa shape index (κ2) is 6.14. The van der Waals surface area contributed by atoms with E-state index in [1.807, 2.05) is 6.26 Å². The van der Waals surface area contributed by atoms with Crippen LogP contribution in [0.15, 0.2) is 0 Å². The van der Waals surface area contributed by atoms with Crippen LogP contribution in [0, 0.1) is 0 Å². The molecular formula is C7H17N3OS. The van der Waals surface area contributed by atoms with E-state index in [4.69, 9.17) is 5.84 Å². The van der Waals surface area contributed by atoms with Crippen LogP contribution in [0.5, 0.6) is 0 Å². The molecule has 0 aliphatic rings. The summed E-state index contributed by atoms with van der Waals surface area (Å²) in [6.07, 6.45) is 2.97. The van der Waals surface area contributed by atoms with E-state index in [1.165, 1.54) is 0 Å². The monoisotopic (exact) mass is 191 g/mol. The third kappa shape index (κ3) is 3.32. The summed E-state index contributed by atoms with van der Waals surface area (Å²) < 4.78 is 0. The van der Waals surface area contributed by atoms with Gasteiger partial charge in [-0.05, 0) is 12.7 Å². The number of thioether (sulfide) groups is 1. The molecule has 12 heavy (non-hydrogen) atoms. The van der Waals surface area contributed by atoms with Crippen molar-refractivity contribution in [2.24, 2.45) is 5.84 Å². The van der Waals surface area contributed by atoms with Crippen molar-refractivity contribution >= 4 is 17.8 Å². The van der Waals surface area contributed by atoms with Crippen LogP contribution in [0.25, 0.3) is 0 Å². The van der Waals surface area contributed by atoms with E-state index in [2.05, 4.69) is 12.3 Å². The van der Waals surface area contributed by atoms with Crippen LogP contribution < -0.4 is 11.3 Å². The molecule has 1 unspecified atom stereocenters. The summed E-state index contributed by atoms with van der Waals surface area (Å²) >= 11 is 1.73. The molecule has 0 heterocycles. The van der Waals surface area contributed by atoms with Gasteiger partial charge in [0.05, 0.1) is 0 Å². The number of urea groups is 1. The third-order valence-electron chi connectivity index (χ3n) is 1.82. The van der Waals surface area contributed by atoms with Gasteiger partial charge in [0, 0.05) is 18.8 Å². The van der Waals surface area contributed by atoms with Gasteiger partial charge in [0.25, 0.3) is 0 Å². The lowest BCUT2D eigenvalue weighted by Crippen LogP contribution is -2.47. The van der Waals surface area contributed by atoms with Crippen LogP contribution >= 0.6 is 11.8 Å². The molecule has 0 aromatic rings. The quantitative estimate of drug-likeness (QED) is 0.389. The van der Waals surface area contributed by atoms with Crippen LogP contribution in [-0.4, -0.2) is 36.0 Å². The third-order valence-corrected chi connectivity index (χ3v) is 2.54. The first kappa shape index (κ1) is 11.6. The van der Waals surface area contributed by atoms with Crippen LogP contribution in [0.2, 0.25) is 0 Å². The molecule has 5 heteroatoms. The van der Waals surface area contributed by atoms with Gasteiger partial charge in [0.15, 0.2) is 0 Å². The van der Waals surface area contributed by atoms with Gasteiger partial charge in [-0.25, -0.2) is 10.6 Å². The fraction of sp³-hybridized carbons (Fsp3) is 0.857. The highest BCUT2D eigenvalue weighted by molar-refractivity contribution is 7.98. The Hall–Kier alpha value is -0.420. The minimum atomic E-state index is -0.226. The fourth-order valence-corrected chi connectivity index (χ4v) is 1.81. The van der Waals surface area contributed by atoms with Crippen molar-refractivity contribution in [2.45, 2.75) is 19.4 Å². The van der Waals surface area contributed by atoms with Gasteiger partial charge in [0.1, 0.15) is 0 Å². The minimum Gasteiger partial charge on any atom is -0.323 e. The number of amides is 2. The van der Waals surface area contributed by atoms with Crippen LogP contribution in [0.1, 0.15) is 13.3 Å². The van der Waals surface area contributed by atoms with E-state index in [0.717, 1.165) is 12.2 Å². The van der Waals surface area contributed by atoms with Crippen molar-refractivity contribution in [1.29, 1.82) is 0 Å². The molecule has 1 atom stereocenters. The largest absolute Gasteiger partial charge is 0.331 e. The van der Waals surface area contributed by atoms with E-state index in [0.29, 0.717) is 0 Å². The van der Waals surface area contributed by atoms with E-state index in [9.17, 15) is 4.79 Å². The number of rotatable bonds is 4. The number of nitrogens with two attached hydrogens (primary N) is 1. The number of hydrazine groups is 1. The van der Waals surface area contributed by atoms with Crippen molar-refractivity contribution in [3.8, 4) is 0 Å². The molecule has 0 aromatic heterocycles. The zero-order chi connectivity index (χ0) is 9.56. The predicted octanol–water partition coefficient (Wildman–Crippen LogP) is 0.643. The van der Waals surface area contributed by atoms with E-state index in [1.54, 1.807) is 23.7 Å². The van der Waals surface area contributed by atoms with E-state index in [-0.39, 0.29) is 12.1 Å². The van der Waals surface area contributed by atoms with Gasteiger partial charge in [-0.1, -0.05) is 6.92 Å². The molecule has 0 aliphatic heterocycles. The fourth-order valence-electron chi connectivity index (χ4n) is 0.964. The molecule has 0 bridgehead atoms. The Morgan fingerprint density at radius 2 is 2.33 bits per heavy atom. The van der Waals surface area contributed by atoms with Crippen molar-refractivity contribution in [2.75, 3.05) is 19.1 Å². The Morgan fingerprint density at radius 3 is 2.67 bits per heavy atom. The molecule has 0 aromatic carbocycles. The lowest BCUT2D eigenvalue weighted by Gasteiger charge is -2.25. The summed E-state index contributed by atoms with van der Waals surface area (Å²) in [5.74, 6) is 5.96. The topological polar surface area (TPSA) is 58.4 Å². The van der Waals surface area contributed by atoms with Gasteiger partial charge in [0.2, 0.25) is 0 Å². The lowest BCUT2D eigenvalue weighted by atomic mass is 10.2. The number of nitrogens with zero attached hydrogens (tertiary/aromatic N) is 1. The summed E-state index contributed by atoms with van der Waals surface area (Å²) in [7, 11) is 1.76. The Bertz CT molecular complexity index is 143. The summed E-state index contributed by atoms with van der Waals surface area (Å²) in [5.41, 5.74) is 2.12. The van der Waals surface area contributed by atoms with Crippen LogP contribution in [0.4, 0.5) is 4.79 Å². The normalized spacial score (nSPS) is 12.3. The standard InChI is InChI=1S/C7H17N3OS/c1-4-6(5-12-3)10(2)7(11)9-8/h6H,4-5,8H2,1-3H3,(H,9,11). The summed E-state index contributed by atoms with van der Waals surface area (Å²) in [5, 5.41) is 0. The summed E-state index contributed by atoms with van der Waals surface area (Å²) in [6.45, 7) is 2.06. The van der Waals surface area contributed by atoms with Gasteiger partial charge in [-0.2, -0.15) is 11.8 Å². The highest BCUT2D eigenvalue weighted by Crippen LogP contribution is 2.07. The summed E-state index contributed by atoms with van der Waals surface area (Å²) in [6, 6.07) is 0.0412. The molecule has 3 N–H and O–H groups in total. The van der Waals surface area contributed by atoms with E-state index >= 15 is 0 Å². The predicted molar refractivity (Wildman–Crippen MR) is 52.9 cm³/mol. The molecule has 0 saturated heterocycles. The lowest BCUT2D eigenvalue weighted by molar-refractivity contribution is 0.194. The molecule has 4 nitrogen and oxygen atoms in total. The average molecular weight is 191 g/mol. The van der Waals surface area contributed by atoms with Crippen molar-refractivity contribution in [1.82, 2.24) is 10.3 Å². The van der Waals surface area contributed by atoms with Crippen molar-refractivity contribution in [3.05, 3.63) is 0 Å². The molecule has 0 fully saturated rings. The maximum absolute atomic E-state index is 11.1. The van der Waals surface area contributed by atoms with Crippen LogP contribution in [-0.2, 0) is 0 Å². The first-order chi connectivity index (χ1) is 5.67. The number of carbonyl (C=O) groups excluding carboxylic acids is 1. The van der Waals surface area contributed by atoms with Gasteiger partial charge >= 0.3 is 6.03 Å². The second-order valence-electron chi connectivity index (χ2n) is 2.58. The number of hydrogen-bond acceptors (Lipinski definition) is 3. The zero-order valence-electron chi connectivity index (χ0n) is 7.83. The molecular weight excluding hydrogens is 174 g/mol.